The molecule has 2 rings (SSSR count). The number of nitrogens with zero attached hydrogens (tertiary/aromatic N) is 1. The van der Waals surface area contributed by atoms with Crippen LogP contribution in [0, 0.1) is 5.92 Å². The first kappa shape index (κ1) is 21.6. The van der Waals surface area contributed by atoms with Crippen molar-refractivity contribution in [3.63, 3.8) is 0 Å². The minimum atomic E-state index is -0.238. The smallest absolute Gasteiger partial charge is 0.243 e. The van der Waals surface area contributed by atoms with Crippen LogP contribution in [0.4, 0.5) is 5.69 Å². The predicted molar refractivity (Wildman–Crippen MR) is 95.2 cm³/mol. The molecule has 2 heterocycles. The number of carbonyl (C=O) groups excluding carboxylic acids is 2. The average molecular weight is 363 g/mol. The molecule has 1 aromatic rings. The quantitative estimate of drug-likeness (QED) is 0.719. The number of hydrogen-bond donors (Lipinski definition) is 3. The average Bonchev–Trinajstić information content (AvgIpc) is 2.53. The zero-order valence-corrected chi connectivity index (χ0v) is 14.5. The van der Waals surface area contributed by atoms with E-state index in [1.165, 1.54) is 0 Å². The molecule has 23 heavy (non-hydrogen) atoms. The van der Waals surface area contributed by atoms with E-state index in [4.69, 9.17) is 0 Å². The lowest BCUT2D eigenvalue weighted by Crippen LogP contribution is -2.33. The SMILES string of the molecule is Cl.Cl.O=C(CCC1CCNCC1)NCC(=O)Nc1cccnc1. The van der Waals surface area contributed by atoms with E-state index < -0.39 is 0 Å². The lowest BCUT2D eigenvalue weighted by Gasteiger charge is -2.22. The Labute approximate surface area is 149 Å². The molecule has 0 aliphatic carbocycles. The maximum Gasteiger partial charge on any atom is 0.243 e. The minimum Gasteiger partial charge on any atom is -0.347 e. The number of piperidine rings is 1. The van der Waals surface area contributed by atoms with Gasteiger partial charge in [0.1, 0.15) is 0 Å². The van der Waals surface area contributed by atoms with Gasteiger partial charge < -0.3 is 16.0 Å². The summed E-state index contributed by atoms with van der Waals surface area (Å²) in [6, 6.07) is 3.50. The van der Waals surface area contributed by atoms with E-state index in [2.05, 4.69) is 20.9 Å². The van der Waals surface area contributed by atoms with Gasteiger partial charge in [-0.15, -0.1) is 24.8 Å². The third-order valence-electron chi connectivity index (χ3n) is 3.63. The summed E-state index contributed by atoms with van der Waals surface area (Å²) in [4.78, 5) is 27.3. The molecule has 1 saturated heterocycles. The van der Waals surface area contributed by atoms with Crippen LogP contribution in [0.1, 0.15) is 25.7 Å². The van der Waals surface area contributed by atoms with Crippen LogP contribution in [0.15, 0.2) is 24.5 Å². The fourth-order valence-electron chi connectivity index (χ4n) is 2.41. The Hall–Kier alpha value is -1.37. The molecular formula is C15H24Cl2N4O2. The largest absolute Gasteiger partial charge is 0.347 e. The van der Waals surface area contributed by atoms with E-state index in [9.17, 15) is 9.59 Å². The minimum absolute atomic E-state index is 0. The van der Waals surface area contributed by atoms with Gasteiger partial charge in [0.05, 0.1) is 18.4 Å². The maximum atomic E-state index is 11.7. The molecule has 1 aliphatic rings. The zero-order valence-electron chi connectivity index (χ0n) is 12.9. The number of rotatable bonds is 6. The molecule has 130 valence electrons. The lowest BCUT2D eigenvalue weighted by atomic mass is 9.93. The van der Waals surface area contributed by atoms with Crippen LogP contribution in [0.25, 0.3) is 0 Å². The second-order valence-electron chi connectivity index (χ2n) is 5.30. The van der Waals surface area contributed by atoms with Crippen LogP contribution >= 0.6 is 24.8 Å². The summed E-state index contributed by atoms with van der Waals surface area (Å²) >= 11 is 0. The summed E-state index contributed by atoms with van der Waals surface area (Å²) in [6.45, 7) is 2.08. The number of pyridine rings is 1. The van der Waals surface area contributed by atoms with Gasteiger partial charge >= 0.3 is 0 Å². The van der Waals surface area contributed by atoms with Gasteiger partial charge in [-0.05, 0) is 50.4 Å². The molecule has 0 atom stereocenters. The van der Waals surface area contributed by atoms with Crippen LogP contribution in [0.5, 0.6) is 0 Å². The van der Waals surface area contributed by atoms with Gasteiger partial charge in [-0.25, -0.2) is 0 Å². The Morgan fingerprint density at radius 1 is 1.22 bits per heavy atom. The Balaban J connectivity index is 0.00000242. The van der Waals surface area contributed by atoms with Gasteiger partial charge in [-0.2, -0.15) is 0 Å². The first-order valence-electron chi connectivity index (χ1n) is 7.41. The van der Waals surface area contributed by atoms with Crippen molar-refractivity contribution < 1.29 is 9.59 Å². The van der Waals surface area contributed by atoms with E-state index in [0.29, 0.717) is 18.0 Å². The maximum absolute atomic E-state index is 11.7. The molecule has 1 aliphatic heterocycles. The fourth-order valence-corrected chi connectivity index (χ4v) is 2.41. The predicted octanol–water partition coefficient (Wildman–Crippen LogP) is 1.76. The molecule has 0 unspecified atom stereocenters. The Morgan fingerprint density at radius 2 is 1.96 bits per heavy atom. The highest BCUT2D eigenvalue weighted by molar-refractivity contribution is 5.94. The highest BCUT2D eigenvalue weighted by Crippen LogP contribution is 2.17. The summed E-state index contributed by atoms with van der Waals surface area (Å²) in [5, 5.41) is 8.64. The number of nitrogens with one attached hydrogen (secondary N) is 3. The van der Waals surface area contributed by atoms with Crippen LogP contribution < -0.4 is 16.0 Å². The standard InChI is InChI=1S/C15H22N4O2.2ClH/c20-14(4-3-12-5-8-16-9-6-12)18-11-15(21)19-13-2-1-7-17-10-13;;/h1-2,7,10,12,16H,3-6,8-9,11H2,(H,18,20)(H,19,21);2*1H. The normalized spacial score (nSPS) is 14.1. The number of halogens is 2. The molecule has 0 spiro atoms. The summed E-state index contributed by atoms with van der Waals surface area (Å²) < 4.78 is 0. The summed E-state index contributed by atoms with van der Waals surface area (Å²) in [6.07, 6.45) is 6.86. The van der Waals surface area contributed by atoms with E-state index in [-0.39, 0.29) is 43.2 Å². The molecular weight excluding hydrogens is 339 g/mol. The van der Waals surface area contributed by atoms with Crippen molar-refractivity contribution in [2.24, 2.45) is 5.92 Å². The van der Waals surface area contributed by atoms with Crippen molar-refractivity contribution in [3.8, 4) is 0 Å². The van der Waals surface area contributed by atoms with Crippen LogP contribution in [0.2, 0.25) is 0 Å². The molecule has 0 aromatic carbocycles. The first-order valence-corrected chi connectivity index (χ1v) is 7.41. The summed E-state index contributed by atoms with van der Waals surface area (Å²) in [7, 11) is 0. The summed E-state index contributed by atoms with van der Waals surface area (Å²) in [5.41, 5.74) is 0.631. The second kappa shape index (κ2) is 12.1. The Kier molecular flexibility index (Phi) is 11.4. The van der Waals surface area contributed by atoms with Gasteiger partial charge in [0.15, 0.2) is 0 Å². The highest BCUT2D eigenvalue weighted by Gasteiger charge is 2.14. The van der Waals surface area contributed by atoms with Crippen molar-refractivity contribution in [2.75, 3.05) is 25.0 Å². The van der Waals surface area contributed by atoms with E-state index >= 15 is 0 Å². The van der Waals surface area contributed by atoms with Gasteiger partial charge in [-0.1, -0.05) is 0 Å². The van der Waals surface area contributed by atoms with Gasteiger partial charge in [-0.3, -0.25) is 14.6 Å². The van der Waals surface area contributed by atoms with Crippen molar-refractivity contribution in [2.45, 2.75) is 25.7 Å². The van der Waals surface area contributed by atoms with Crippen molar-refractivity contribution in [1.29, 1.82) is 0 Å². The number of hydrogen-bond acceptors (Lipinski definition) is 4. The first-order chi connectivity index (χ1) is 10.2. The van der Waals surface area contributed by atoms with Crippen LogP contribution in [-0.2, 0) is 9.59 Å². The van der Waals surface area contributed by atoms with Crippen molar-refractivity contribution >= 4 is 42.3 Å². The Bertz CT molecular complexity index is 468. The molecule has 1 fully saturated rings. The topological polar surface area (TPSA) is 83.1 Å². The van der Waals surface area contributed by atoms with Gasteiger partial charge in [0.25, 0.3) is 0 Å². The lowest BCUT2D eigenvalue weighted by molar-refractivity contribution is -0.124. The molecule has 8 heteroatoms. The molecule has 1 aromatic heterocycles. The Morgan fingerprint density at radius 3 is 2.61 bits per heavy atom. The van der Waals surface area contributed by atoms with Crippen LogP contribution in [0.3, 0.4) is 0 Å². The third-order valence-corrected chi connectivity index (χ3v) is 3.63. The summed E-state index contributed by atoms with van der Waals surface area (Å²) in [5.74, 6) is 0.328. The zero-order chi connectivity index (χ0) is 14.9. The highest BCUT2D eigenvalue weighted by atomic mass is 35.5. The van der Waals surface area contributed by atoms with Gasteiger partial charge in [0, 0.05) is 12.6 Å². The molecule has 0 radical (unpaired) electrons. The molecule has 0 bridgehead atoms. The molecule has 0 saturated carbocycles. The number of anilines is 1. The molecule has 3 N–H and O–H groups in total. The van der Waals surface area contributed by atoms with Gasteiger partial charge in [0.2, 0.25) is 11.8 Å². The van der Waals surface area contributed by atoms with E-state index in [1.807, 2.05) is 0 Å². The van der Waals surface area contributed by atoms with E-state index in [1.54, 1.807) is 24.5 Å². The molecule has 6 nitrogen and oxygen atoms in total. The second-order valence-corrected chi connectivity index (χ2v) is 5.30. The number of aromatic nitrogens is 1. The molecule has 2 amide bonds. The monoisotopic (exact) mass is 362 g/mol. The number of amides is 2. The van der Waals surface area contributed by atoms with E-state index in [0.717, 1.165) is 32.4 Å². The van der Waals surface area contributed by atoms with Crippen molar-refractivity contribution in [1.82, 2.24) is 15.6 Å². The third kappa shape index (κ3) is 8.74. The van der Waals surface area contributed by atoms with Crippen molar-refractivity contribution in [3.05, 3.63) is 24.5 Å². The fraction of sp³-hybridized carbons (Fsp3) is 0.533. The van der Waals surface area contributed by atoms with Crippen LogP contribution in [-0.4, -0.2) is 36.4 Å². The number of carbonyl (C=O) groups is 2.